The number of nitrogens with zero attached hydrogens (tertiary/aromatic N) is 2. The summed E-state index contributed by atoms with van der Waals surface area (Å²) in [5, 5.41) is 17.8. The van der Waals surface area contributed by atoms with Gasteiger partial charge < -0.3 is 9.84 Å². The van der Waals surface area contributed by atoms with Crippen molar-refractivity contribution >= 4 is 23.0 Å². The van der Waals surface area contributed by atoms with Crippen LogP contribution in [-0.4, -0.2) is 10.1 Å². The molecule has 0 amide bonds. The van der Waals surface area contributed by atoms with Crippen LogP contribution in [0.25, 0.3) is 0 Å². The Morgan fingerprint density at radius 3 is 2.94 bits per heavy atom. The number of rotatable bonds is 4. The van der Waals surface area contributed by atoms with E-state index in [1.807, 2.05) is 0 Å². The standard InChI is InChI=1S/C11H10ClN3O3/c1-7-5-8(14-18-7)6-13-11-9(12)3-2-4-10(11)15(16)17/h2-5,13H,6H2,1H3. The Hall–Kier alpha value is -2.08. The number of aromatic nitrogens is 1. The number of hydrogen-bond acceptors (Lipinski definition) is 5. The maximum Gasteiger partial charge on any atom is 0.293 e. The molecule has 0 aliphatic carbocycles. The van der Waals surface area contributed by atoms with E-state index < -0.39 is 4.92 Å². The SMILES string of the molecule is Cc1cc(CNc2c(Cl)cccc2[N+](=O)[O-])no1. The zero-order valence-electron chi connectivity index (χ0n) is 9.51. The van der Waals surface area contributed by atoms with Gasteiger partial charge in [0.2, 0.25) is 0 Å². The minimum absolute atomic E-state index is 0.0669. The van der Waals surface area contributed by atoms with E-state index in [2.05, 4.69) is 10.5 Å². The lowest BCUT2D eigenvalue weighted by atomic mass is 10.2. The van der Waals surface area contributed by atoms with Gasteiger partial charge in [0, 0.05) is 12.1 Å². The molecule has 0 spiro atoms. The first kappa shape index (κ1) is 12.4. The molecule has 94 valence electrons. The Kier molecular flexibility index (Phi) is 3.47. The summed E-state index contributed by atoms with van der Waals surface area (Å²) in [4.78, 5) is 10.4. The fourth-order valence-corrected chi connectivity index (χ4v) is 1.76. The Morgan fingerprint density at radius 1 is 1.56 bits per heavy atom. The van der Waals surface area contributed by atoms with E-state index in [1.54, 1.807) is 19.1 Å². The first-order valence-corrected chi connectivity index (χ1v) is 5.54. The number of anilines is 1. The molecule has 0 atom stereocenters. The van der Waals surface area contributed by atoms with Crippen LogP contribution in [0.3, 0.4) is 0 Å². The highest BCUT2D eigenvalue weighted by atomic mass is 35.5. The highest BCUT2D eigenvalue weighted by Crippen LogP contribution is 2.32. The van der Waals surface area contributed by atoms with Crippen LogP contribution < -0.4 is 5.32 Å². The Morgan fingerprint density at radius 2 is 2.33 bits per heavy atom. The molecule has 6 nitrogen and oxygen atoms in total. The Balaban J connectivity index is 2.20. The largest absolute Gasteiger partial charge is 0.372 e. The number of para-hydroxylation sites is 1. The van der Waals surface area contributed by atoms with Crippen molar-refractivity contribution in [2.45, 2.75) is 13.5 Å². The molecule has 0 fully saturated rings. The van der Waals surface area contributed by atoms with Crippen LogP contribution in [0.15, 0.2) is 28.8 Å². The number of nitro groups is 1. The molecule has 0 aliphatic heterocycles. The third-order valence-corrected chi connectivity index (χ3v) is 2.63. The molecule has 0 saturated carbocycles. The van der Waals surface area contributed by atoms with E-state index in [0.717, 1.165) is 0 Å². The molecule has 18 heavy (non-hydrogen) atoms. The van der Waals surface area contributed by atoms with Crippen LogP contribution in [0.4, 0.5) is 11.4 Å². The molecule has 1 heterocycles. The molecule has 1 N–H and O–H groups in total. The van der Waals surface area contributed by atoms with Gasteiger partial charge in [0.05, 0.1) is 16.5 Å². The first-order chi connectivity index (χ1) is 8.58. The maximum absolute atomic E-state index is 10.9. The van der Waals surface area contributed by atoms with E-state index in [1.165, 1.54) is 12.1 Å². The van der Waals surface area contributed by atoms with Crippen LogP contribution in [0.5, 0.6) is 0 Å². The van der Waals surface area contributed by atoms with Crippen molar-refractivity contribution in [3.63, 3.8) is 0 Å². The first-order valence-electron chi connectivity index (χ1n) is 5.17. The summed E-state index contributed by atoms with van der Waals surface area (Å²) >= 11 is 5.93. The Labute approximate surface area is 108 Å². The molecule has 1 aromatic carbocycles. The summed E-state index contributed by atoms with van der Waals surface area (Å²) < 4.78 is 4.90. The topological polar surface area (TPSA) is 81.2 Å². The third-order valence-electron chi connectivity index (χ3n) is 2.31. The molecule has 1 aromatic heterocycles. The average molecular weight is 268 g/mol. The summed E-state index contributed by atoms with van der Waals surface area (Å²) in [5.41, 5.74) is 0.870. The van der Waals surface area contributed by atoms with Gasteiger partial charge in [-0.1, -0.05) is 22.8 Å². The molecular weight excluding hydrogens is 258 g/mol. The number of benzene rings is 1. The van der Waals surface area contributed by atoms with Crippen LogP contribution in [0, 0.1) is 17.0 Å². The van der Waals surface area contributed by atoms with Gasteiger partial charge in [-0.3, -0.25) is 10.1 Å². The minimum atomic E-state index is -0.484. The third kappa shape index (κ3) is 2.60. The van der Waals surface area contributed by atoms with E-state index in [0.29, 0.717) is 23.0 Å². The molecule has 0 bridgehead atoms. The second-order valence-corrected chi connectivity index (χ2v) is 4.08. The molecule has 0 radical (unpaired) electrons. The van der Waals surface area contributed by atoms with Crippen molar-refractivity contribution in [3.05, 3.63) is 50.9 Å². The summed E-state index contributed by atoms with van der Waals surface area (Å²) in [6.07, 6.45) is 0. The maximum atomic E-state index is 10.9. The van der Waals surface area contributed by atoms with E-state index in [4.69, 9.17) is 16.1 Å². The van der Waals surface area contributed by atoms with Gasteiger partial charge in [0.15, 0.2) is 0 Å². The molecule has 2 aromatic rings. The fraction of sp³-hybridized carbons (Fsp3) is 0.182. The molecule has 2 rings (SSSR count). The number of nitrogens with one attached hydrogen (secondary N) is 1. The summed E-state index contributed by atoms with van der Waals surface area (Å²) in [6.45, 7) is 2.08. The number of nitro benzene ring substituents is 1. The van der Waals surface area contributed by atoms with Gasteiger partial charge >= 0.3 is 0 Å². The number of aryl methyl sites for hydroxylation is 1. The van der Waals surface area contributed by atoms with Gasteiger partial charge in [-0.15, -0.1) is 0 Å². The number of halogens is 1. The lowest BCUT2D eigenvalue weighted by molar-refractivity contribution is -0.383. The van der Waals surface area contributed by atoms with E-state index in [9.17, 15) is 10.1 Å². The lowest BCUT2D eigenvalue weighted by Crippen LogP contribution is -2.03. The zero-order valence-corrected chi connectivity index (χ0v) is 10.3. The lowest BCUT2D eigenvalue weighted by Gasteiger charge is -2.06. The van der Waals surface area contributed by atoms with Gasteiger partial charge in [-0.05, 0) is 13.0 Å². The molecule has 0 saturated heterocycles. The average Bonchev–Trinajstić information content (AvgIpc) is 2.73. The van der Waals surface area contributed by atoms with Crippen LogP contribution in [0.1, 0.15) is 11.5 Å². The second-order valence-electron chi connectivity index (χ2n) is 3.67. The fourth-order valence-electron chi connectivity index (χ4n) is 1.52. The van der Waals surface area contributed by atoms with Crippen LogP contribution in [-0.2, 0) is 6.54 Å². The van der Waals surface area contributed by atoms with Gasteiger partial charge in [-0.25, -0.2) is 0 Å². The van der Waals surface area contributed by atoms with Crippen molar-refractivity contribution in [1.82, 2.24) is 5.16 Å². The zero-order chi connectivity index (χ0) is 13.1. The minimum Gasteiger partial charge on any atom is -0.372 e. The van der Waals surface area contributed by atoms with Crippen molar-refractivity contribution < 1.29 is 9.45 Å². The molecule has 0 unspecified atom stereocenters. The van der Waals surface area contributed by atoms with Gasteiger partial charge in [0.25, 0.3) is 5.69 Å². The normalized spacial score (nSPS) is 10.3. The van der Waals surface area contributed by atoms with Crippen molar-refractivity contribution in [1.29, 1.82) is 0 Å². The summed E-state index contributed by atoms with van der Waals surface area (Å²) in [5.74, 6) is 0.681. The second kappa shape index (κ2) is 5.05. The van der Waals surface area contributed by atoms with Crippen LogP contribution >= 0.6 is 11.6 Å². The summed E-state index contributed by atoms with van der Waals surface area (Å²) in [6, 6.07) is 6.26. The predicted molar refractivity (Wildman–Crippen MR) is 66.7 cm³/mol. The summed E-state index contributed by atoms with van der Waals surface area (Å²) in [7, 11) is 0. The van der Waals surface area contributed by atoms with Crippen molar-refractivity contribution in [2.75, 3.05) is 5.32 Å². The highest BCUT2D eigenvalue weighted by Gasteiger charge is 2.16. The van der Waals surface area contributed by atoms with Crippen molar-refractivity contribution in [3.8, 4) is 0 Å². The monoisotopic (exact) mass is 267 g/mol. The number of hydrogen-bond donors (Lipinski definition) is 1. The van der Waals surface area contributed by atoms with E-state index >= 15 is 0 Å². The van der Waals surface area contributed by atoms with Crippen molar-refractivity contribution in [2.24, 2.45) is 0 Å². The van der Waals surface area contributed by atoms with Gasteiger partial charge in [-0.2, -0.15) is 0 Å². The quantitative estimate of drug-likeness (QED) is 0.680. The van der Waals surface area contributed by atoms with E-state index in [-0.39, 0.29) is 11.4 Å². The molecular formula is C11H10ClN3O3. The molecule has 7 heteroatoms. The smallest absolute Gasteiger partial charge is 0.293 e. The predicted octanol–water partition coefficient (Wildman–Crippen LogP) is 3.16. The molecule has 0 aliphatic rings. The van der Waals surface area contributed by atoms with Gasteiger partial charge in [0.1, 0.15) is 17.1 Å². The highest BCUT2D eigenvalue weighted by molar-refractivity contribution is 6.33. The Bertz CT molecular complexity index is 583. The van der Waals surface area contributed by atoms with Crippen LogP contribution in [0.2, 0.25) is 5.02 Å².